The van der Waals surface area contributed by atoms with Gasteiger partial charge in [0.1, 0.15) is 12.4 Å². The third-order valence-corrected chi connectivity index (χ3v) is 7.28. The van der Waals surface area contributed by atoms with Crippen LogP contribution in [-0.4, -0.2) is 23.6 Å². The minimum Gasteiger partial charge on any atom is -0.465 e. The highest BCUT2D eigenvalue weighted by molar-refractivity contribution is 7.07. The summed E-state index contributed by atoms with van der Waals surface area (Å²) in [5.41, 5.74) is 2.13. The van der Waals surface area contributed by atoms with Crippen molar-refractivity contribution in [2.24, 2.45) is 4.99 Å². The van der Waals surface area contributed by atoms with Crippen molar-refractivity contribution >= 4 is 29.4 Å². The smallest absolute Gasteiger partial charge is 0.338 e. The first kappa shape index (κ1) is 26.0. The van der Waals surface area contributed by atoms with Crippen molar-refractivity contribution in [3.8, 4) is 0 Å². The number of hydrogen-bond donors (Lipinski definition) is 0. The zero-order valence-corrected chi connectivity index (χ0v) is 21.9. The minimum atomic E-state index is -0.876. The lowest BCUT2D eigenvalue weighted by atomic mass is 9.95. The number of thiazole rings is 1. The Morgan fingerprint density at radius 1 is 1.00 bits per heavy atom. The molecule has 1 unspecified atom stereocenters. The average molecular weight is 543 g/mol. The first-order valence-corrected chi connectivity index (χ1v) is 12.9. The Bertz CT molecular complexity index is 1770. The fourth-order valence-electron chi connectivity index (χ4n) is 4.35. The third-order valence-electron chi connectivity index (χ3n) is 6.29. The van der Waals surface area contributed by atoms with Gasteiger partial charge in [0, 0.05) is 5.56 Å². The molecule has 5 rings (SSSR count). The van der Waals surface area contributed by atoms with Gasteiger partial charge in [0.05, 0.1) is 34.5 Å². The molecule has 3 aromatic carbocycles. The van der Waals surface area contributed by atoms with Gasteiger partial charge in [-0.3, -0.25) is 9.36 Å². The molecule has 0 aliphatic carbocycles. The van der Waals surface area contributed by atoms with Gasteiger partial charge in [0.25, 0.3) is 5.56 Å². The summed E-state index contributed by atoms with van der Waals surface area (Å²) in [5, 5.41) is 0. The Balaban J connectivity index is 1.63. The normalized spacial score (nSPS) is 14.9. The summed E-state index contributed by atoms with van der Waals surface area (Å²) in [7, 11) is 1.29. The summed E-state index contributed by atoms with van der Waals surface area (Å²) >= 11 is 1.10. The molecule has 1 aliphatic heterocycles. The van der Waals surface area contributed by atoms with Crippen LogP contribution in [0.4, 0.5) is 4.39 Å². The first-order valence-electron chi connectivity index (χ1n) is 12.0. The third kappa shape index (κ3) is 5.21. The fraction of sp³-hybridized carbons (Fsp3) is 0.133. The first-order chi connectivity index (χ1) is 18.9. The van der Waals surface area contributed by atoms with E-state index in [0.29, 0.717) is 21.6 Å². The summed E-state index contributed by atoms with van der Waals surface area (Å²) in [6.07, 6.45) is 1.48. The van der Waals surface area contributed by atoms with Gasteiger partial charge in [-0.15, -0.1) is 0 Å². The lowest BCUT2D eigenvalue weighted by Gasteiger charge is -2.25. The van der Waals surface area contributed by atoms with E-state index in [2.05, 4.69) is 4.99 Å². The van der Waals surface area contributed by atoms with Gasteiger partial charge in [0.15, 0.2) is 4.80 Å². The largest absolute Gasteiger partial charge is 0.465 e. The number of benzene rings is 3. The molecule has 0 fully saturated rings. The van der Waals surface area contributed by atoms with Crippen LogP contribution in [-0.2, 0) is 20.9 Å². The predicted molar refractivity (Wildman–Crippen MR) is 144 cm³/mol. The molecule has 0 radical (unpaired) electrons. The molecule has 2 heterocycles. The van der Waals surface area contributed by atoms with Crippen LogP contribution >= 0.6 is 11.3 Å². The van der Waals surface area contributed by atoms with Gasteiger partial charge in [-0.05, 0) is 42.3 Å². The number of fused-ring (bicyclic) bond motifs is 1. The Labute approximate surface area is 226 Å². The number of carbonyl (C=O) groups is 2. The van der Waals surface area contributed by atoms with Crippen molar-refractivity contribution in [3.05, 3.63) is 138 Å². The molecule has 4 aromatic rings. The molecule has 0 spiro atoms. The van der Waals surface area contributed by atoms with Crippen LogP contribution in [0.2, 0.25) is 0 Å². The molecule has 7 nitrogen and oxygen atoms in total. The second kappa shape index (κ2) is 11.0. The number of ether oxygens (including phenoxy) is 2. The predicted octanol–water partition coefficient (Wildman–Crippen LogP) is 3.90. The monoisotopic (exact) mass is 542 g/mol. The van der Waals surface area contributed by atoms with Gasteiger partial charge >= 0.3 is 11.9 Å². The van der Waals surface area contributed by atoms with Gasteiger partial charge in [-0.1, -0.05) is 72.0 Å². The van der Waals surface area contributed by atoms with Gasteiger partial charge in [0.2, 0.25) is 0 Å². The van der Waals surface area contributed by atoms with E-state index in [-0.39, 0.29) is 22.3 Å². The molecule has 0 N–H and O–H groups in total. The van der Waals surface area contributed by atoms with Gasteiger partial charge < -0.3 is 9.47 Å². The van der Waals surface area contributed by atoms with Crippen molar-refractivity contribution in [1.82, 2.24) is 4.57 Å². The minimum absolute atomic E-state index is 0.0438. The standard InChI is InChI=1S/C30H23FN2O5S/c1-18-25(29(36)38-17-19-8-4-3-5-9-19)26(20-12-14-21(15-13-20)28(35)37-2)33-27(34)24(39-30(33)32-18)16-22-10-6-7-11-23(22)31/h3-16,26H,17H2,1-2H3. The second-order valence-electron chi connectivity index (χ2n) is 8.78. The number of nitrogens with zero attached hydrogens (tertiary/aromatic N) is 2. The zero-order chi connectivity index (χ0) is 27.5. The van der Waals surface area contributed by atoms with E-state index >= 15 is 0 Å². The lowest BCUT2D eigenvalue weighted by Crippen LogP contribution is -2.40. The molecule has 196 valence electrons. The zero-order valence-electron chi connectivity index (χ0n) is 21.1. The number of methoxy groups -OCH3 is 1. The molecule has 0 amide bonds. The topological polar surface area (TPSA) is 87.0 Å². The maximum atomic E-state index is 14.4. The van der Waals surface area contributed by atoms with E-state index in [9.17, 15) is 18.8 Å². The molecule has 0 saturated heterocycles. The Hall–Kier alpha value is -4.63. The second-order valence-corrected chi connectivity index (χ2v) is 9.79. The number of esters is 2. The van der Waals surface area contributed by atoms with Crippen molar-refractivity contribution in [3.63, 3.8) is 0 Å². The van der Waals surface area contributed by atoms with Crippen molar-refractivity contribution in [2.75, 3.05) is 7.11 Å². The Morgan fingerprint density at radius 2 is 1.69 bits per heavy atom. The van der Waals surface area contributed by atoms with Crippen LogP contribution in [0.1, 0.15) is 40.0 Å². The maximum Gasteiger partial charge on any atom is 0.338 e. The van der Waals surface area contributed by atoms with E-state index in [0.717, 1.165) is 16.9 Å². The van der Waals surface area contributed by atoms with E-state index < -0.39 is 29.4 Å². The van der Waals surface area contributed by atoms with Crippen molar-refractivity contribution in [2.45, 2.75) is 19.6 Å². The van der Waals surface area contributed by atoms with E-state index in [1.807, 2.05) is 30.3 Å². The molecule has 0 bridgehead atoms. The van der Waals surface area contributed by atoms with Gasteiger partial charge in [-0.25, -0.2) is 19.0 Å². The molecule has 1 atom stereocenters. The van der Waals surface area contributed by atoms with Crippen LogP contribution in [0.3, 0.4) is 0 Å². The Morgan fingerprint density at radius 3 is 2.38 bits per heavy atom. The molecule has 1 aromatic heterocycles. The molecule has 0 saturated carbocycles. The van der Waals surface area contributed by atoms with Crippen LogP contribution in [0.15, 0.2) is 99.9 Å². The average Bonchev–Trinajstić information content (AvgIpc) is 3.26. The summed E-state index contributed by atoms with van der Waals surface area (Å²) in [4.78, 5) is 44.1. The number of halogens is 1. The maximum absolute atomic E-state index is 14.4. The number of aromatic nitrogens is 1. The Kier molecular flexibility index (Phi) is 7.33. The highest BCUT2D eigenvalue weighted by Crippen LogP contribution is 2.31. The van der Waals surface area contributed by atoms with Crippen LogP contribution in [0.5, 0.6) is 0 Å². The quantitative estimate of drug-likeness (QED) is 0.345. The van der Waals surface area contributed by atoms with Crippen molar-refractivity contribution in [1.29, 1.82) is 0 Å². The summed E-state index contributed by atoms with van der Waals surface area (Å²) in [6.45, 7) is 1.73. The highest BCUT2D eigenvalue weighted by atomic mass is 32.1. The molecule has 1 aliphatic rings. The highest BCUT2D eigenvalue weighted by Gasteiger charge is 2.33. The van der Waals surface area contributed by atoms with E-state index in [4.69, 9.17) is 9.47 Å². The summed E-state index contributed by atoms with van der Waals surface area (Å²) < 4.78 is 26.5. The van der Waals surface area contributed by atoms with Crippen molar-refractivity contribution < 1.29 is 23.5 Å². The number of allylic oxidation sites excluding steroid dienone is 1. The molecule has 9 heteroatoms. The van der Waals surface area contributed by atoms with Crippen LogP contribution in [0, 0.1) is 5.82 Å². The lowest BCUT2D eigenvalue weighted by molar-refractivity contribution is -0.140. The number of carbonyl (C=O) groups excluding carboxylic acids is 2. The molecular weight excluding hydrogens is 519 g/mol. The van der Waals surface area contributed by atoms with Crippen LogP contribution in [0.25, 0.3) is 6.08 Å². The number of rotatable bonds is 6. The van der Waals surface area contributed by atoms with Gasteiger partial charge in [-0.2, -0.15) is 0 Å². The van der Waals surface area contributed by atoms with E-state index in [1.165, 1.54) is 23.8 Å². The number of hydrogen-bond acceptors (Lipinski definition) is 7. The van der Waals surface area contributed by atoms with E-state index in [1.54, 1.807) is 49.4 Å². The SMILES string of the molecule is COC(=O)c1ccc(C2C(C(=O)OCc3ccccc3)=C(C)N=c3sc(=Cc4ccccc4F)c(=O)n32)cc1. The fourth-order valence-corrected chi connectivity index (χ4v) is 5.39. The molecule has 39 heavy (non-hydrogen) atoms. The summed E-state index contributed by atoms with van der Waals surface area (Å²) in [6, 6.07) is 21.0. The summed E-state index contributed by atoms with van der Waals surface area (Å²) in [5.74, 6) is -1.59. The molecular formula is C30H23FN2O5S. The van der Waals surface area contributed by atoms with Crippen LogP contribution < -0.4 is 14.9 Å².